The number of rotatable bonds is 0. The van der Waals surface area contributed by atoms with Crippen molar-refractivity contribution in [3.05, 3.63) is 22.7 Å². The van der Waals surface area contributed by atoms with Gasteiger partial charge in [0.25, 0.3) is 0 Å². The minimum absolute atomic E-state index is 1.10. The second kappa shape index (κ2) is 3.22. The van der Waals surface area contributed by atoms with Crippen LogP contribution in [0.4, 0.5) is 11.4 Å². The highest BCUT2D eigenvalue weighted by Crippen LogP contribution is 2.33. The van der Waals surface area contributed by atoms with Crippen LogP contribution in [0.1, 0.15) is 0 Å². The van der Waals surface area contributed by atoms with Gasteiger partial charge in [0.15, 0.2) is 0 Å². The van der Waals surface area contributed by atoms with Gasteiger partial charge in [0, 0.05) is 31.7 Å². The molecule has 0 N–H and O–H groups in total. The molecule has 0 saturated heterocycles. The topological polar surface area (TPSA) is 6.48 Å². The lowest BCUT2D eigenvalue weighted by Crippen LogP contribution is -2.36. The van der Waals surface area contributed by atoms with Gasteiger partial charge in [-0.3, -0.25) is 0 Å². The zero-order valence-electron chi connectivity index (χ0n) is 7.92. The van der Waals surface area contributed by atoms with Crippen molar-refractivity contribution in [2.45, 2.75) is 0 Å². The molecule has 0 atom stereocenters. The molecule has 1 aliphatic rings. The van der Waals surface area contributed by atoms with Crippen LogP contribution in [0.3, 0.4) is 0 Å². The summed E-state index contributed by atoms with van der Waals surface area (Å²) in [5.41, 5.74) is 2.63. The Morgan fingerprint density at radius 3 is 2.38 bits per heavy atom. The number of nitrogens with zero attached hydrogens (tertiary/aromatic N) is 2. The van der Waals surface area contributed by atoms with E-state index in [1.165, 1.54) is 11.4 Å². The molecular formula is C10H13BrN2. The van der Waals surface area contributed by atoms with E-state index in [4.69, 9.17) is 0 Å². The molecule has 0 fully saturated rings. The van der Waals surface area contributed by atoms with Crippen molar-refractivity contribution in [1.29, 1.82) is 0 Å². The van der Waals surface area contributed by atoms with Gasteiger partial charge >= 0.3 is 0 Å². The van der Waals surface area contributed by atoms with Crippen molar-refractivity contribution in [3.8, 4) is 0 Å². The molecule has 2 nitrogen and oxygen atoms in total. The number of benzene rings is 1. The Kier molecular flexibility index (Phi) is 2.20. The Bertz CT molecular complexity index is 325. The van der Waals surface area contributed by atoms with Crippen LogP contribution in [-0.2, 0) is 0 Å². The number of hydrogen-bond donors (Lipinski definition) is 0. The van der Waals surface area contributed by atoms with Crippen molar-refractivity contribution >= 4 is 27.3 Å². The molecule has 13 heavy (non-hydrogen) atoms. The van der Waals surface area contributed by atoms with Gasteiger partial charge < -0.3 is 9.80 Å². The van der Waals surface area contributed by atoms with E-state index in [2.05, 4.69) is 58.0 Å². The molecule has 0 saturated carbocycles. The van der Waals surface area contributed by atoms with E-state index in [1.54, 1.807) is 0 Å². The number of halogens is 1. The van der Waals surface area contributed by atoms with E-state index in [0.717, 1.165) is 17.6 Å². The lowest BCUT2D eigenvalue weighted by Gasteiger charge is -2.34. The summed E-state index contributed by atoms with van der Waals surface area (Å²) in [6.45, 7) is 2.20. The minimum Gasteiger partial charge on any atom is -0.371 e. The maximum atomic E-state index is 3.49. The molecule has 0 radical (unpaired) electrons. The van der Waals surface area contributed by atoms with Gasteiger partial charge in [0.2, 0.25) is 0 Å². The first-order valence-corrected chi connectivity index (χ1v) is 5.19. The fourth-order valence-corrected chi connectivity index (χ4v) is 2.02. The third-order valence-corrected chi connectivity index (χ3v) is 3.02. The maximum Gasteiger partial charge on any atom is 0.0613 e. The lowest BCUT2D eigenvalue weighted by molar-refractivity contribution is 0.797. The van der Waals surface area contributed by atoms with Gasteiger partial charge in [-0.1, -0.05) is 15.9 Å². The molecule has 1 aromatic rings. The minimum atomic E-state index is 1.10. The van der Waals surface area contributed by atoms with Crippen LogP contribution < -0.4 is 9.80 Å². The molecule has 0 spiro atoms. The highest BCUT2D eigenvalue weighted by molar-refractivity contribution is 9.10. The predicted molar refractivity (Wildman–Crippen MR) is 60.7 cm³/mol. The summed E-state index contributed by atoms with van der Waals surface area (Å²) >= 11 is 3.49. The SMILES string of the molecule is CN1CCN(C)c2cc(Br)ccc21. The first-order chi connectivity index (χ1) is 6.18. The summed E-state index contributed by atoms with van der Waals surface area (Å²) in [6, 6.07) is 6.43. The quantitative estimate of drug-likeness (QED) is 0.687. The highest BCUT2D eigenvalue weighted by atomic mass is 79.9. The number of fused-ring (bicyclic) bond motifs is 1. The average molecular weight is 241 g/mol. The number of hydrogen-bond acceptors (Lipinski definition) is 2. The fraction of sp³-hybridized carbons (Fsp3) is 0.400. The molecule has 1 heterocycles. The Morgan fingerprint density at radius 2 is 1.69 bits per heavy atom. The zero-order chi connectivity index (χ0) is 9.42. The Morgan fingerprint density at radius 1 is 1.08 bits per heavy atom. The Hall–Kier alpha value is -0.700. The summed E-state index contributed by atoms with van der Waals surface area (Å²) in [6.07, 6.45) is 0. The lowest BCUT2D eigenvalue weighted by atomic mass is 10.2. The van der Waals surface area contributed by atoms with E-state index in [9.17, 15) is 0 Å². The standard InChI is InChI=1S/C10H13BrN2/c1-12-5-6-13(2)10-7-8(11)3-4-9(10)12/h3-4,7H,5-6H2,1-2H3. The summed E-state index contributed by atoms with van der Waals surface area (Å²) < 4.78 is 1.15. The largest absolute Gasteiger partial charge is 0.371 e. The van der Waals surface area contributed by atoms with Crippen molar-refractivity contribution in [1.82, 2.24) is 0 Å². The Labute approximate surface area is 87.3 Å². The number of likely N-dealkylation sites (N-methyl/N-ethyl adjacent to an activating group) is 2. The second-order valence-corrected chi connectivity index (χ2v) is 4.39. The molecule has 0 unspecified atom stereocenters. The van der Waals surface area contributed by atoms with Gasteiger partial charge in [0.05, 0.1) is 11.4 Å². The molecule has 3 heteroatoms. The summed E-state index contributed by atoms with van der Waals surface area (Å²) in [5, 5.41) is 0. The van der Waals surface area contributed by atoms with Gasteiger partial charge in [0.1, 0.15) is 0 Å². The van der Waals surface area contributed by atoms with Gasteiger partial charge in [-0.2, -0.15) is 0 Å². The van der Waals surface area contributed by atoms with Crippen LogP contribution >= 0.6 is 15.9 Å². The molecular weight excluding hydrogens is 228 g/mol. The van der Waals surface area contributed by atoms with E-state index in [-0.39, 0.29) is 0 Å². The zero-order valence-corrected chi connectivity index (χ0v) is 9.50. The molecule has 1 aromatic carbocycles. The second-order valence-electron chi connectivity index (χ2n) is 3.48. The highest BCUT2D eigenvalue weighted by Gasteiger charge is 2.16. The van der Waals surface area contributed by atoms with Crippen LogP contribution in [0.5, 0.6) is 0 Å². The van der Waals surface area contributed by atoms with E-state index >= 15 is 0 Å². The van der Waals surface area contributed by atoms with E-state index < -0.39 is 0 Å². The molecule has 1 aliphatic heterocycles. The van der Waals surface area contributed by atoms with Crippen molar-refractivity contribution in [2.24, 2.45) is 0 Å². The van der Waals surface area contributed by atoms with Crippen LogP contribution in [0.15, 0.2) is 22.7 Å². The average Bonchev–Trinajstić information content (AvgIpc) is 2.12. The maximum absolute atomic E-state index is 3.49. The van der Waals surface area contributed by atoms with E-state index in [0.29, 0.717) is 0 Å². The molecule has 0 bridgehead atoms. The van der Waals surface area contributed by atoms with Crippen molar-refractivity contribution in [2.75, 3.05) is 37.0 Å². The van der Waals surface area contributed by atoms with Gasteiger partial charge in [-0.05, 0) is 18.2 Å². The predicted octanol–water partition coefficient (Wildman–Crippen LogP) is 2.34. The fourth-order valence-electron chi connectivity index (χ4n) is 1.67. The van der Waals surface area contributed by atoms with Crippen LogP contribution in [0, 0.1) is 0 Å². The summed E-state index contributed by atoms with van der Waals surface area (Å²) in [7, 11) is 4.28. The summed E-state index contributed by atoms with van der Waals surface area (Å²) in [5.74, 6) is 0. The normalized spacial score (nSPS) is 15.9. The first-order valence-electron chi connectivity index (χ1n) is 4.40. The number of anilines is 2. The molecule has 0 aromatic heterocycles. The first kappa shape index (κ1) is 8.88. The Balaban J connectivity index is 2.50. The van der Waals surface area contributed by atoms with Crippen LogP contribution in [0.25, 0.3) is 0 Å². The smallest absolute Gasteiger partial charge is 0.0613 e. The van der Waals surface area contributed by atoms with Gasteiger partial charge in [-0.15, -0.1) is 0 Å². The molecule has 2 rings (SSSR count). The van der Waals surface area contributed by atoms with Crippen molar-refractivity contribution < 1.29 is 0 Å². The van der Waals surface area contributed by atoms with Crippen molar-refractivity contribution in [3.63, 3.8) is 0 Å². The third kappa shape index (κ3) is 1.53. The summed E-state index contributed by atoms with van der Waals surface area (Å²) in [4.78, 5) is 4.59. The van der Waals surface area contributed by atoms with E-state index in [1.807, 2.05) is 0 Å². The van der Waals surface area contributed by atoms with Crippen LogP contribution in [0.2, 0.25) is 0 Å². The molecule has 0 aliphatic carbocycles. The van der Waals surface area contributed by atoms with Crippen LogP contribution in [-0.4, -0.2) is 27.2 Å². The van der Waals surface area contributed by atoms with Gasteiger partial charge in [-0.25, -0.2) is 0 Å². The molecule has 0 amide bonds. The third-order valence-electron chi connectivity index (χ3n) is 2.53. The monoisotopic (exact) mass is 240 g/mol. The molecule has 70 valence electrons.